The van der Waals surface area contributed by atoms with Crippen LogP contribution in [0.25, 0.3) is 6.08 Å². The van der Waals surface area contributed by atoms with E-state index in [1.54, 1.807) is 42.5 Å². The largest absolute Gasteiger partial charge is 0.305 e. The lowest BCUT2D eigenvalue weighted by Crippen LogP contribution is -2.01. The molecule has 0 amide bonds. The Morgan fingerprint density at radius 3 is 2.34 bits per heavy atom. The molecule has 0 unspecified atom stereocenters. The number of hydrogen-bond donors (Lipinski definition) is 0. The molecule has 0 radical (unpaired) electrons. The summed E-state index contributed by atoms with van der Waals surface area (Å²) in [5, 5.41) is 11.0. The van der Waals surface area contributed by atoms with Gasteiger partial charge in [-0.25, -0.2) is 4.39 Å². The van der Waals surface area contributed by atoms with Crippen LogP contribution in [0.1, 0.15) is 21.5 Å². The molecule has 3 rings (SSSR count). The van der Waals surface area contributed by atoms with Crippen molar-refractivity contribution >= 4 is 29.3 Å². The fraction of sp³-hybridized carbons (Fsp3) is 0.0455. The summed E-state index contributed by atoms with van der Waals surface area (Å²) in [7, 11) is 0. The van der Waals surface area contributed by atoms with Gasteiger partial charge in [0, 0.05) is 17.4 Å². The van der Waals surface area contributed by atoms with Gasteiger partial charge in [-0.1, -0.05) is 48.5 Å². The molecule has 3 aromatic carbocycles. The highest BCUT2D eigenvalue weighted by Crippen LogP contribution is 2.29. The predicted molar refractivity (Wildman–Crippen MR) is 109 cm³/mol. The van der Waals surface area contributed by atoms with Gasteiger partial charge in [0.25, 0.3) is 0 Å². The van der Waals surface area contributed by atoms with Gasteiger partial charge in [0.2, 0.25) is 5.82 Å². The van der Waals surface area contributed by atoms with Crippen molar-refractivity contribution in [2.75, 3.05) is 0 Å². The summed E-state index contributed by atoms with van der Waals surface area (Å²) < 4.78 is 26.7. The number of benzene rings is 3. The molecule has 4 nitrogen and oxygen atoms in total. The van der Waals surface area contributed by atoms with E-state index in [0.29, 0.717) is 21.8 Å². The molecule has 146 valence electrons. The summed E-state index contributed by atoms with van der Waals surface area (Å²) in [5.74, 6) is -1.16. The zero-order valence-corrected chi connectivity index (χ0v) is 15.9. The van der Waals surface area contributed by atoms with Gasteiger partial charge in [0.1, 0.15) is 5.82 Å². The number of nitro benzene ring substituents is 1. The second-order valence-corrected chi connectivity index (χ2v) is 7.10. The highest BCUT2D eigenvalue weighted by molar-refractivity contribution is 8.03. The van der Waals surface area contributed by atoms with E-state index >= 15 is 0 Å². The van der Waals surface area contributed by atoms with Gasteiger partial charge in [0.05, 0.1) is 9.83 Å². The fourth-order valence-corrected chi connectivity index (χ4v) is 3.54. The third-order valence-corrected chi connectivity index (χ3v) is 5.12. The third-order valence-electron chi connectivity index (χ3n) is 4.03. The zero-order chi connectivity index (χ0) is 20.8. The average Bonchev–Trinajstić information content (AvgIpc) is 2.73. The minimum atomic E-state index is -0.943. The van der Waals surface area contributed by atoms with Crippen LogP contribution in [0.15, 0.2) is 77.7 Å². The first-order chi connectivity index (χ1) is 13.9. The van der Waals surface area contributed by atoms with E-state index in [9.17, 15) is 23.7 Å². The van der Waals surface area contributed by atoms with Gasteiger partial charge >= 0.3 is 5.69 Å². The number of Topliss-reactive ketones (excluding diaryl/α,β-unsaturated/α-hetero) is 1. The zero-order valence-electron chi connectivity index (χ0n) is 15.0. The second-order valence-electron chi connectivity index (χ2n) is 6.09. The van der Waals surface area contributed by atoms with E-state index in [1.807, 2.05) is 0 Å². The van der Waals surface area contributed by atoms with E-state index in [4.69, 9.17) is 0 Å². The molecule has 0 spiro atoms. The van der Waals surface area contributed by atoms with Crippen molar-refractivity contribution in [3.8, 4) is 0 Å². The van der Waals surface area contributed by atoms with Crippen LogP contribution in [-0.2, 0) is 5.75 Å². The van der Waals surface area contributed by atoms with Crippen LogP contribution in [-0.4, -0.2) is 10.7 Å². The fourth-order valence-electron chi connectivity index (χ4n) is 2.56. The number of thioether (sulfide) groups is 1. The van der Waals surface area contributed by atoms with Crippen LogP contribution in [0.4, 0.5) is 14.5 Å². The van der Waals surface area contributed by atoms with E-state index in [-0.39, 0.29) is 11.6 Å². The van der Waals surface area contributed by atoms with E-state index in [2.05, 4.69) is 0 Å². The molecule has 0 heterocycles. The summed E-state index contributed by atoms with van der Waals surface area (Å²) in [6.07, 6.45) is 1.50. The molecular weight excluding hydrogens is 396 g/mol. The molecule has 29 heavy (non-hydrogen) atoms. The highest BCUT2D eigenvalue weighted by Gasteiger charge is 2.17. The normalized spacial score (nSPS) is 11.3. The summed E-state index contributed by atoms with van der Waals surface area (Å²) >= 11 is 1.22. The number of carbonyl (C=O) groups excluding carboxylic acids is 1. The molecule has 3 aromatic rings. The molecule has 0 aliphatic heterocycles. The quantitative estimate of drug-likeness (QED) is 0.206. The van der Waals surface area contributed by atoms with Gasteiger partial charge in [0.15, 0.2) is 5.78 Å². The molecule has 0 N–H and O–H groups in total. The van der Waals surface area contributed by atoms with Crippen LogP contribution in [0.5, 0.6) is 0 Å². The Hall–Kier alpha value is -3.32. The van der Waals surface area contributed by atoms with Gasteiger partial charge in [-0.05, 0) is 35.4 Å². The summed E-state index contributed by atoms with van der Waals surface area (Å²) in [6.45, 7) is 0. The van der Waals surface area contributed by atoms with Crippen LogP contribution in [0.2, 0.25) is 0 Å². The Labute approximate surface area is 170 Å². The van der Waals surface area contributed by atoms with E-state index < -0.39 is 16.4 Å². The van der Waals surface area contributed by atoms with Crippen molar-refractivity contribution in [3.05, 3.63) is 116 Å². The first-order valence-corrected chi connectivity index (χ1v) is 9.55. The first kappa shape index (κ1) is 20.4. The van der Waals surface area contributed by atoms with Crippen molar-refractivity contribution in [2.45, 2.75) is 5.75 Å². The number of nitro groups is 1. The summed E-state index contributed by atoms with van der Waals surface area (Å²) in [6, 6.07) is 18.0. The van der Waals surface area contributed by atoms with Crippen molar-refractivity contribution in [1.29, 1.82) is 0 Å². The number of carbonyl (C=O) groups is 1. The molecule has 0 saturated carbocycles. The minimum absolute atomic E-state index is 0.260. The number of hydrogen-bond acceptors (Lipinski definition) is 4. The Morgan fingerprint density at radius 2 is 1.69 bits per heavy atom. The Bertz CT molecular complexity index is 1070. The molecule has 0 fully saturated rings. The molecule has 0 aromatic heterocycles. The lowest BCUT2D eigenvalue weighted by molar-refractivity contribution is -0.387. The van der Waals surface area contributed by atoms with Crippen molar-refractivity contribution in [1.82, 2.24) is 0 Å². The monoisotopic (exact) mass is 411 g/mol. The molecule has 0 aliphatic rings. The lowest BCUT2D eigenvalue weighted by atomic mass is 10.1. The van der Waals surface area contributed by atoms with Crippen molar-refractivity contribution < 1.29 is 18.5 Å². The topological polar surface area (TPSA) is 60.2 Å². The number of nitrogens with zero attached hydrogens (tertiary/aromatic N) is 1. The van der Waals surface area contributed by atoms with E-state index in [1.165, 1.54) is 36.0 Å². The Kier molecular flexibility index (Phi) is 6.51. The standard InChI is InChI=1S/C22H15F2NO3S/c23-18-9-6-15(7-10-18)14-29-21(22(26)17-4-2-1-3-5-17)13-16-8-11-19(24)20(12-16)25(27)28/h1-13H,14H2/b21-13+. The Morgan fingerprint density at radius 1 is 1.00 bits per heavy atom. The van der Waals surface area contributed by atoms with Gasteiger partial charge in [-0.15, -0.1) is 11.8 Å². The minimum Gasteiger partial charge on any atom is -0.288 e. The molecule has 0 atom stereocenters. The maximum Gasteiger partial charge on any atom is 0.305 e. The van der Waals surface area contributed by atoms with Gasteiger partial charge in [-0.2, -0.15) is 4.39 Å². The third kappa shape index (κ3) is 5.36. The predicted octanol–water partition coefficient (Wildman–Crippen LogP) is 6.03. The summed E-state index contributed by atoms with van der Waals surface area (Å²) in [4.78, 5) is 23.5. The van der Waals surface area contributed by atoms with Gasteiger partial charge in [-0.3, -0.25) is 14.9 Å². The second kappa shape index (κ2) is 9.25. The van der Waals surface area contributed by atoms with Crippen molar-refractivity contribution in [2.24, 2.45) is 0 Å². The highest BCUT2D eigenvalue weighted by atomic mass is 32.2. The average molecular weight is 411 g/mol. The van der Waals surface area contributed by atoms with Crippen LogP contribution in [0.3, 0.4) is 0 Å². The molecule has 0 bridgehead atoms. The number of ketones is 1. The lowest BCUT2D eigenvalue weighted by Gasteiger charge is -2.08. The summed E-state index contributed by atoms with van der Waals surface area (Å²) in [5.41, 5.74) is 0.952. The Balaban J connectivity index is 1.94. The molecule has 0 saturated heterocycles. The molecule has 7 heteroatoms. The van der Waals surface area contributed by atoms with Crippen LogP contribution >= 0.6 is 11.8 Å². The van der Waals surface area contributed by atoms with E-state index in [0.717, 1.165) is 17.7 Å². The maximum atomic E-state index is 13.6. The van der Waals surface area contributed by atoms with Gasteiger partial charge < -0.3 is 0 Å². The first-order valence-electron chi connectivity index (χ1n) is 8.56. The number of rotatable bonds is 7. The number of allylic oxidation sites excluding steroid dienone is 1. The SMILES string of the molecule is O=C(/C(=C\c1ccc(F)c([N+](=O)[O-])c1)SCc1ccc(F)cc1)c1ccccc1. The van der Waals surface area contributed by atoms with Crippen LogP contribution in [0, 0.1) is 21.7 Å². The number of halogens is 2. The van der Waals surface area contributed by atoms with Crippen molar-refractivity contribution in [3.63, 3.8) is 0 Å². The maximum absolute atomic E-state index is 13.6. The van der Waals surface area contributed by atoms with Crippen LogP contribution < -0.4 is 0 Å². The molecule has 0 aliphatic carbocycles. The smallest absolute Gasteiger partial charge is 0.288 e. The molecular formula is C22H15F2NO3S.